The molecule has 104 valence electrons. The monoisotopic (exact) mass is 294 g/mol. The van der Waals surface area contributed by atoms with Gasteiger partial charge in [-0.1, -0.05) is 51.7 Å². The van der Waals surface area contributed by atoms with Crippen LogP contribution in [-0.2, 0) is 7.05 Å². The summed E-state index contributed by atoms with van der Waals surface area (Å²) in [7, 11) is 2.10. The average molecular weight is 294 g/mol. The quantitative estimate of drug-likeness (QED) is 0.632. The third kappa shape index (κ3) is 1.98. The van der Waals surface area contributed by atoms with E-state index in [2.05, 4.69) is 71.7 Å². The molecule has 4 heteroatoms. The maximum atomic E-state index is 4.89. The normalized spacial score (nSPS) is 14.1. The molecule has 0 saturated carbocycles. The van der Waals surface area contributed by atoms with Gasteiger partial charge in [-0.25, -0.2) is 4.57 Å². The van der Waals surface area contributed by atoms with Crippen molar-refractivity contribution in [2.75, 3.05) is 5.75 Å². The zero-order valence-electron chi connectivity index (χ0n) is 12.1. The van der Waals surface area contributed by atoms with E-state index in [-0.39, 0.29) is 0 Å². The first-order valence-electron chi connectivity index (χ1n) is 7.01. The van der Waals surface area contributed by atoms with Gasteiger partial charge < -0.3 is 0 Å². The minimum Gasteiger partial charge on any atom is -0.218 e. The molecule has 0 atom stereocenters. The fourth-order valence-corrected chi connectivity index (χ4v) is 3.74. The van der Waals surface area contributed by atoms with E-state index in [4.69, 9.17) is 5.10 Å². The molecule has 0 N–H and O–H groups in total. The minimum absolute atomic E-state index is 0.910. The molecule has 2 heterocycles. The molecular weight excluding hydrogens is 278 g/mol. The Hall–Kier alpha value is -2.07. The molecule has 2 aromatic carbocycles. The summed E-state index contributed by atoms with van der Waals surface area (Å²) in [6.07, 6.45) is 0. The molecule has 0 spiro atoms. The van der Waals surface area contributed by atoms with Crippen molar-refractivity contribution in [3.8, 4) is 0 Å². The number of rotatable bonds is 1. The highest BCUT2D eigenvalue weighted by Crippen LogP contribution is 2.27. The molecule has 0 aliphatic carbocycles. The van der Waals surface area contributed by atoms with Crippen LogP contribution < -0.4 is 4.57 Å². The summed E-state index contributed by atoms with van der Waals surface area (Å²) >= 11 is 1.84. The second kappa shape index (κ2) is 4.74. The van der Waals surface area contributed by atoms with Crippen LogP contribution in [0.5, 0.6) is 0 Å². The summed E-state index contributed by atoms with van der Waals surface area (Å²) in [5, 5.41) is 6.07. The van der Waals surface area contributed by atoms with Crippen molar-refractivity contribution in [1.82, 2.24) is 4.68 Å². The van der Waals surface area contributed by atoms with E-state index >= 15 is 0 Å². The Labute approximate surface area is 127 Å². The zero-order valence-corrected chi connectivity index (χ0v) is 12.9. The summed E-state index contributed by atoms with van der Waals surface area (Å²) in [6, 6.07) is 17.0. The van der Waals surface area contributed by atoms with Gasteiger partial charge in [0.15, 0.2) is 5.52 Å². The summed E-state index contributed by atoms with van der Waals surface area (Å²) in [6.45, 7) is 2.11. The van der Waals surface area contributed by atoms with Gasteiger partial charge in [0.25, 0.3) is 0 Å². The molecule has 21 heavy (non-hydrogen) atoms. The number of aryl methyl sites for hydroxylation is 2. The van der Waals surface area contributed by atoms with Crippen molar-refractivity contribution < 1.29 is 4.57 Å². The Morgan fingerprint density at radius 3 is 2.67 bits per heavy atom. The maximum Gasteiger partial charge on any atom is 0.344 e. The van der Waals surface area contributed by atoms with Gasteiger partial charge in [0.05, 0.1) is 12.8 Å². The van der Waals surface area contributed by atoms with Crippen molar-refractivity contribution in [3.63, 3.8) is 0 Å². The number of benzene rings is 2. The number of fused-ring (bicyclic) bond motifs is 3. The summed E-state index contributed by atoms with van der Waals surface area (Å²) in [5.74, 6) is 0.910. The lowest BCUT2D eigenvalue weighted by molar-refractivity contribution is -0.685. The average Bonchev–Trinajstić information content (AvgIpc) is 2.81. The van der Waals surface area contributed by atoms with Crippen molar-refractivity contribution in [3.05, 3.63) is 59.7 Å². The lowest BCUT2D eigenvalue weighted by atomic mass is 10.1. The molecule has 0 saturated heterocycles. The predicted molar refractivity (Wildman–Crippen MR) is 87.0 cm³/mol. The van der Waals surface area contributed by atoms with Crippen molar-refractivity contribution in [2.24, 2.45) is 12.1 Å². The van der Waals surface area contributed by atoms with E-state index in [1.54, 1.807) is 0 Å². The Bertz CT molecular complexity index is 860. The first kappa shape index (κ1) is 12.7. The summed E-state index contributed by atoms with van der Waals surface area (Å²) < 4.78 is 4.29. The smallest absolute Gasteiger partial charge is 0.218 e. The lowest BCUT2D eigenvalue weighted by Gasteiger charge is -2.09. The number of para-hydroxylation sites is 2. The second-order valence-corrected chi connectivity index (χ2v) is 6.29. The van der Waals surface area contributed by atoms with Crippen LogP contribution in [0.2, 0.25) is 0 Å². The van der Waals surface area contributed by atoms with E-state index in [0.717, 1.165) is 17.0 Å². The molecule has 0 fully saturated rings. The number of aromatic nitrogens is 2. The molecule has 3 aromatic rings. The predicted octanol–water partition coefficient (Wildman–Crippen LogP) is 3.13. The number of thioether (sulfide) groups is 1. The number of nitrogens with zero attached hydrogens (tertiary/aromatic N) is 3. The molecule has 1 aliphatic rings. The second-order valence-electron chi connectivity index (χ2n) is 5.34. The molecule has 0 amide bonds. The van der Waals surface area contributed by atoms with Crippen LogP contribution >= 0.6 is 11.8 Å². The Morgan fingerprint density at radius 1 is 1.10 bits per heavy atom. The summed E-state index contributed by atoms with van der Waals surface area (Å²) in [4.78, 5) is 0. The van der Waals surface area contributed by atoms with E-state index in [0.29, 0.717) is 0 Å². The van der Waals surface area contributed by atoms with Gasteiger partial charge in [-0.3, -0.25) is 0 Å². The van der Waals surface area contributed by atoms with E-state index in [1.165, 1.54) is 21.8 Å². The van der Waals surface area contributed by atoms with Crippen LogP contribution in [0.3, 0.4) is 0 Å². The highest BCUT2D eigenvalue weighted by Gasteiger charge is 2.28. The zero-order chi connectivity index (χ0) is 14.4. The van der Waals surface area contributed by atoms with Crippen LogP contribution in [0.15, 0.2) is 58.8 Å². The molecule has 0 radical (unpaired) electrons. The van der Waals surface area contributed by atoms with Gasteiger partial charge >= 0.3 is 5.16 Å². The third-order valence-electron chi connectivity index (χ3n) is 3.88. The maximum absolute atomic E-state index is 4.89. The molecule has 0 unspecified atom stereocenters. The van der Waals surface area contributed by atoms with Gasteiger partial charge in [-0.2, -0.15) is 0 Å². The Kier molecular flexibility index (Phi) is 2.86. The largest absolute Gasteiger partial charge is 0.344 e. The van der Waals surface area contributed by atoms with E-state index in [1.807, 2.05) is 11.8 Å². The van der Waals surface area contributed by atoms with Gasteiger partial charge in [-0.05, 0) is 30.8 Å². The van der Waals surface area contributed by atoms with E-state index in [9.17, 15) is 0 Å². The van der Waals surface area contributed by atoms with Crippen LogP contribution in [0, 0.1) is 6.92 Å². The molecule has 1 aliphatic heterocycles. The van der Waals surface area contributed by atoms with Crippen LogP contribution in [-0.4, -0.2) is 16.1 Å². The van der Waals surface area contributed by atoms with Gasteiger partial charge in [0.2, 0.25) is 5.52 Å². The molecule has 4 rings (SSSR count). The SMILES string of the molecule is Cc1ccc(C2=Nn3c([n+](C)c4ccccc43)SC2)cc1. The lowest BCUT2D eigenvalue weighted by Crippen LogP contribution is -2.31. The van der Waals surface area contributed by atoms with Crippen molar-refractivity contribution in [1.29, 1.82) is 0 Å². The Balaban J connectivity index is 1.90. The van der Waals surface area contributed by atoms with Crippen molar-refractivity contribution >= 4 is 28.5 Å². The van der Waals surface area contributed by atoms with Gasteiger partial charge in [0.1, 0.15) is 5.71 Å². The topological polar surface area (TPSA) is 21.2 Å². The minimum atomic E-state index is 0.910. The molecule has 3 nitrogen and oxygen atoms in total. The van der Waals surface area contributed by atoms with Crippen LogP contribution in [0.1, 0.15) is 11.1 Å². The Morgan fingerprint density at radius 2 is 1.86 bits per heavy atom. The molecule has 1 aromatic heterocycles. The van der Waals surface area contributed by atoms with Gasteiger partial charge in [-0.15, -0.1) is 0 Å². The first-order chi connectivity index (χ1) is 10.2. The van der Waals surface area contributed by atoms with Crippen molar-refractivity contribution in [2.45, 2.75) is 12.1 Å². The number of hydrogen-bond acceptors (Lipinski definition) is 2. The van der Waals surface area contributed by atoms with Gasteiger partial charge in [0, 0.05) is 5.56 Å². The highest BCUT2D eigenvalue weighted by molar-refractivity contribution is 7.99. The number of imidazole rings is 1. The fourth-order valence-electron chi connectivity index (χ4n) is 2.70. The molecular formula is C17H16N3S+. The fraction of sp³-hybridized carbons (Fsp3) is 0.176. The number of hydrogen-bond donors (Lipinski definition) is 0. The first-order valence-corrected chi connectivity index (χ1v) is 8.00. The molecule has 0 bridgehead atoms. The standard InChI is InChI=1S/C17H16N3S/c1-12-7-9-13(10-8-12)14-11-21-17-19(2)15-5-3-4-6-16(15)20(17)18-14/h3-10H,11H2,1-2H3/q+1. The highest BCUT2D eigenvalue weighted by atomic mass is 32.2. The summed E-state index contributed by atoms with van der Waals surface area (Å²) in [5.41, 5.74) is 6.00. The van der Waals surface area contributed by atoms with E-state index < -0.39 is 0 Å². The third-order valence-corrected chi connectivity index (χ3v) is 5.01. The van der Waals surface area contributed by atoms with Crippen LogP contribution in [0.25, 0.3) is 11.0 Å². The van der Waals surface area contributed by atoms with Crippen LogP contribution in [0.4, 0.5) is 0 Å².